The minimum Gasteiger partial charge on any atom is -0.508 e. The van der Waals surface area contributed by atoms with Crippen LogP contribution in [0.1, 0.15) is 66.6 Å². The van der Waals surface area contributed by atoms with Crippen LogP contribution in [-0.4, -0.2) is 5.11 Å². The van der Waals surface area contributed by atoms with Crippen LogP contribution in [0.2, 0.25) is 0 Å². The third kappa shape index (κ3) is 3.58. The van der Waals surface area contributed by atoms with Gasteiger partial charge in [-0.05, 0) is 60.7 Å². The molecule has 0 aliphatic rings. The Morgan fingerprint density at radius 1 is 0.643 bits per heavy atom. The number of aryl methyl sites for hydroxylation is 3. The largest absolute Gasteiger partial charge is 0.508 e. The van der Waals surface area contributed by atoms with Gasteiger partial charge in [0.1, 0.15) is 5.75 Å². The molecule has 0 atom stereocenters. The van der Waals surface area contributed by atoms with Gasteiger partial charge in [0.2, 0.25) is 0 Å². The molecule has 3 aromatic rings. The van der Waals surface area contributed by atoms with Crippen molar-refractivity contribution in [1.82, 2.24) is 0 Å². The average molecular weight is 373 g/mol. The molecule has 0 heterocycles. The third-order valence-corrected chi connectivity index (χ3v) is 6.10. The second-order valence-electron chi connectivity index (χ2n) is 9.17. The zero-order valence-corrected chi connectivity index (χ0v) is 18.2. The van der Waals surface area contributed by atoms with Crippen molar-refractivity contribution in [2.45, 2.75) is 59.3 Å². The van der Waals surface area contributed by atoms with Gasteiger partial charge >= 0.3 is 0 Å². The van der Waals surface area contributed by atoms with E-state index in [-0.39, 0.29) is 10.8 Å². The molecule has 1 N–H and O–H groups in total. The molecule has 0 amide bonds. The van der Waals surface area contributed by atoms with Crippen LogP contribution in [0.4, 0.5) is 0 Å². The molecule has 0 aromatic heterocycles. The summed E-state index contributed by atoms with van der Waals surface area (Å²) in [5.74, 6) is 0.331. The molecule has 0 aliphatic carbocycles. The van der Waals surface area contributed by atoms with Gasteiger partial charge in [-0.2, -0.15) is 0 Å². The highest BCUT2D eigenvalue weighted by Gasteiger charge is 2.34. The lowest BCUT2D eigenvalue weighted by Gasteiger charge is -2.37. The Morgan fingerprint density at radius 2 is 1.14 bits per heavy atom. The van der Waals surface area contributed by atoms with Gasteiger partial charge in [0, 0.05) is 10.8 Å². The van der Waals surface area contributed by atoms with Crippen LogP contribution in [0.5, 0.6) is 5.75 Å². The van der Waals surface area contributed by atoms with E-state index in [1.165, 1.54) is 33.4 Å². The van der Waals surface area contributed by atoms with E-state index in [1.54, 1.807) is 0 Å². The number of rotatable bonds is 4. The van der Waals surface area contributed by atoms with Gasteiger partial charge in [0.15, 0.2) is 0 Å². The normalized spacial score (nSPS) is 12.2. The van der Waals surface area contributed by atoms with E-state index in [0.29, 0.717) is 5.75 Å². The Morgan fingerprint density at radius 3 is 1.64 bits per heavy atom. The minimum atomic E-state index is -0.230. The third-order valence-electron chi connectivity index (χ3n) is 6.10. The van der Waals surface area contributed by atoms with Crippen molar-refractivity contribution >= 4 is 0 Å². The highest BCUT2D eigenvalue weighted by molar-refractivity contribution is 5.55. The van der Waals surface area contributed by atoms with Gasteiger partial charge in [-0.1, -0.05) is 87.4 Å². The lowest BCUT2D eigenvalue weighted by Crippen LogP contribution is -2.29. The van der Waals surface area contributed by atoms with Crippen LogP contribution in [0.3, 0.4) is 0 Å². The summed E-state index contributed by atoms with van der Waals surface area (Å²) in [6.07, 6.45) is 0. The molecule has 0 spiro atoms. The second-order valence-corrected chi connectivity index (χ2v) is 9.17. The predicted molar refractivity (Wildman–Crippen MR) is 119 cm³/mol. The molecule has 3 aromatic carbocycles. The first-order valence-corrected chi connectivity index (χ1v) is 10.0. The highest BCUT2D eigenvalue weighted by Crippen LogP contribution is 2.44. The molecule has 0 saturated heterocycles. The van der Waals surface area contributed by atoms with E-state index >= 15 is 0 Å². The summed E-state index contributed by atoms with van der Waals surface area (Å²) in [7, 11) is 0. The first-order valence-electron chi connectivity index (χ1n) is 10.0. The molecular formula is C27H32O. The summed E-state index contributed by atoms with van der Waals surface area (Å²) in [5.41, 5.74) is 8.27. The molecule has 0 radical (unpaired) electrons. The van der Waals surface area contributed by atoms with Crippen LogP contribution >= 0.6 is 0 Å². The molecule has 0 unspecified atom stereocenters. The number of phenolic OH excluding ortho intramolecular Hbond substituents is 1. The zero-order valence-electron chi connectivity index (χ0n) is 18.2. The van der Waals surface area contributed by atoms with Crippen molar-refractivity contribution in [3.63, 3.8) is 0 Å². The maximum absolute atomic E-state index is 10.5. The van der Waals surface area contributed by atoms with Crippen LogP contribution in [0.15, 0.2) is 60.7 Å². The van der Waals surface area contributed by atoms with E-state index in [1.807, 2.05) is 12.1 Å². The van der Waals surface area contributed by atoms with Crippen LogP contribution < -0.4 is 0 Å². The molecule has 1 nitrogen and oxygen atoms in total. The standard InChI is InChI=1S/C27H32O/c1-18-10-8-12-21(14-18)26(4,5)24-17-23(28)16-20(3)25(24)27(6,7)22-13-9-11-19(2)15-22/h8-17,28H,1-7H3. The molecule has 0 aliphatic heterocycles. The number of hydrogen-bond donors (Lipinski definition) is 1. The Bertz CT molecular complexity index is 1010. The van der Waals surface area contributed by atoms with Gasteiger partial charge in [0.25, 0.3) is 0 Å². The lowest BCUT2D eigenvalue weighted by atomic mass is 9.67. The van der Waals surface area contributed by atoms with Crippen molar-refractivity contribution in [2.75, 3.05) is 0 Å². The molecule has 146 valence electrons. The Balaban J connectivity index is 2.29. The molecule has 28 heavy (non-hydrogen) atoms. The lowest BCUT2D eigenvalue weighted by molar-refractivity contribution is 0.469. The van der Waals surface area contributed by atoms with Crippen molar-refractivity contribution in [3.8, 4) is 5.75 Å². The topological polar surface area (TPSA) is 20.2 Å². The number of benzene rings is 3. The summed E-state index contributed by atoms with van der Waals surface area (Å²) in [5, 5.41) is 10.5. The summed E-state index contributed by atoms with van der Waals surface area (Å²) in [6.45, 7) is 15.5. The van der Waals surface area contributed by atoms with Crippen LogP contribution in [-0.2, 0) is 10.8 Å². The summed E-state index contributed by atoms with van der Waals surface area (Å²) in [6, 6.07) is 21.3. The van der Waals surface area contributed by atoms with Gasteiger partial charge in [-0.15, -0.1) is 0 Å². The zero-order chi connectivity index (χ0) is 20.7. The maximum Gasteiger partial charge on any atom is 0.116 e. The van der Waals surface area contributed by atoms with Crippen LogP contribution in [0.25, 0.3) is 0 Å². The van der Waals surface area contributed by atoms with Gasteiger partial charge in [-0.25, -0.2) is 0 Å². The molecular weight excluding hydrogens is 340 g/mol. The van der Waals surface area contributed by atoms with Crippen molar-refractivity contribution < 1.29 is 5.11 Å². The number of phenols is 1. The summed E-state index contributed by atoms with van der Waals surface area (Å²) >= 11 is 0. The van der Waals surface area contributed by atoms with E-state index < -0.39 is 0 Å². The fraction of sp³-hybridized carbons (Fsp3) is 0.333. The Labute approximate surface area is 170 Å². The van der Waals surface area contributed by atoms with Gasteiger partial charge in [-0.3, -0.25) is 0 Å². The van der Waals surface area contributed by atoms with Crippen molar-refractivity contribution in [1.29, 1.82) is 0 Å². The van der Waals surface area contributed by atoms with E-state index in [0.717, 1.165) is 5.56 Å². The minimum absolute atomic E-state index is 0.180. The quantitative estimate of drug-likeness (QED) is 0.524. The van der Waals surface area contributed by atoms with Crippen molar-refractivity contribution in [2.24, 2.45) is 0 Å². The van der Waals surface area contributed by atoms with E-state index in [4.69, 9.17) is 0 Å². The Hall–Kier alpha value is -2.54. The fourth-order valence-electron chi connectivity index (χ4n) is 4.46. The van der Waals surface area contributed by atoms with E-state index in [2.05, 4.69) is 97.0 Å². The smallest absolute Gasteiger partial charge is 0.116 e. The fourth-order valence-corrected chi connectivity index (χ4v) is 4.46. The number of aromatic hydroxyl groups is 1. The first kappa shape index (κ1) is 20.2. The summed E-state index contributed by atoms with van der Waals surface area (Å²) < 4.78 is 0. The average Bonchev–Trinajstić information content (AvgIpc) is 2.60. The first-order chi connectivity index (χ1) is 13.0. The van der Waals surface area contributed by atoms with Gasteiger partial charge < -0.3 is 5.11 Å². The Kier molecular flexibility index (Phi) is 5.14. The molecule has 1 heteroatoms. The van der Waals surface area contributed by atoms with E-state index in [9.17, 15) is 5.11 Å². The van der Waals surface area contributed by atoms with Crippen LogP contribution in [0, 0.1) is 20.8 Å². The highest BCUT2D eigenvalue weighted by atomic mass is 16.3. The number of hydrogen-bond acceptors (Lipinski definition) is 1. The monoisotopic (exact) mass is 372 g/mol. The van der Waals surface area contributed by atoms with Gasteiger partial charge in [0.05, 0.1) is 0 Å². The maximum atomic E-state index is 10.5. The molecule has 0 saturated carbocycles. The summed E-state index contributed by atoms with van der Waals surface area (Å²) in [4.78, 5) is 0. The molecule has 0 fully saturated rings. The molecule has 3 rings (SSSR count). The predicted octanol–water partition coefficient (Wildman–Crippen LogP) is 6.97. The SMILES string of the molecule is Cc1cccc(C(C)(C)c2cc(O)cc(C)c2C(C)(C)c2cccc(C)c2)c1. The molecule has 0 bridgehead atoms. The second kappa shape index (κ2) is 7.13. The van der Waals surface area contributed by atoms with Crippen molar-refractivity contribution in [3.05, 3.63) is 99.6 Å².